The summed E-state index contributed by atoms with van der Waals surface area (Å²) in [6.45, 7) is 0.380. The van der Waals surface area contributed by atoms with Gasteiger partial charge in [0.15, 0.2) is 0 Å². The normalized spacial score (nSPS) is 18.3. The zero-order valence-corrected chi connectivity index (χ0v) is 10.4. The molecule has 0 radical (unpaired) electrons. The minimum atomic E-state index is -0.521. The van der Waals surface area contributed by atoms with Crippen LogP contribution in [0.25, 0.3) is 0 Å². The van der Waals surface area contributed by atoms with Crippen LogP contribution in [0.1, 0.15) is 22.3 Å². The van der Waals surface area contributed by atoms with Gasteiger partial charge in [-0.25, -0.2) is 4.79 Å². The van der Waals surface area contributed by atoms with E-state index in [-0.39, 0.29) is 29.5 Å². The van der Waals surface area contributed by atoms with E-state index in [1.165, 1.54) is 24.1 Å². The third kappa shape index (κ3) is 2.41. The van der Waals surface area contributed by atoms with E-state index < -0.39 is 5.97 Å². The smallest absolute Gasteiger partial charge is 0.337 e. The summed E-state index contributed by atoms with van der Waals surface area (Å²) in [6, 6.07) is 6.27. The van der Waals surface area contributed by atoms with Gasteiger partial charge in [-0.05, 0) is 18.2 Å². The molecule has 1 aromatic rings. The van der Waals surface area contributed by atoms with Gasteiger partial charge in [-0.1, -0.05) is 0 Å². The van der Waals surface area contributed by atoms with E-state index in [1.54, 1.807) is 6.07 Å². The van der Waals surface area contributed by atoms with E-state index in [0.717, 1.165) is 0 Å². The van der Waals surface area contributed by atoms with Gasteiger partial charge in [-0.15, -0.1) is 0 Å². The largest absolute Gasteiger partial charge is 0.465 e. The molecule has 2 N–H and O–H groups in total. The molecule has 1 amide bonds. The number of carbonyl (C=O) groups excluding carboxylic acids is 2. The highest BCUT2D eigenvalue weighted by molar-refractivity contribution is 5.98. The molecule has 1 atom stereocenters. The molecule has 0 saturated carbocycles. The van der Waals surface area contributed by atoms with Crippen LogP contribution < -0.4 is 10.6 Å². The molecule has 1 fully saturated rings. The van der Waals surface area contributed by atoms with Crippen molar-refractivity contribution in [1.82, 2.24) is 0 Å². The molecule has 6 nitrogen and oxygen atoms in total. The van der Waals surface area contributed by atoms with Gasteiger partial charge in [0.25, 0.3) is 0 Å². The Hall–Kier alpha value is -2.39. The fourth-order valence-electron chi connectivity index (χ4n) is 2.07. The summed E-state index contributed by atoms with van der Waals surface area (Å²) in [5.41, 5.74) is 6.74. The van der Waals surface area contributed by atoms with Crippen molar-refractivity contribution < 1.29 is 14.3 Å². The highest BCUT2D eigenvalue weighted by Crippen LogP contribution is 2.26. The summed E-state index contributed by atoms with van der Waals surface area (Å²) in [7, 11) is 1.27. The van der Waals surface area contributed by atoms with Gasteiger partial charge in [0.1, 0.15) is 6.07 Å². The summed E-state index contributed by atoms with van der Waals surface area (Å²) >= 11 is 0. The predicted molar refractivity (Wildman–Crippen MR) is 67.4 cm³/mol. The van der Waals surface area contributed by atoms with Crippen molar-refractivity contribution in [2.75, 3.05) is 18.6 Å². The van der Waals surface area contributed by atoms with E-state index in [2.05, 4.69) is 4.74 Å². The Morgan fingerprint density at radius 1 is 1.58 bits per heavy atom. The standard InChI is InChI=1S/C13H13N3O3/c1-19-13(18)8-2-3-11(9(4-8)6-14)16-7-10(15)5-12(16)17/h2-4,10H,5,7,15H2,1H3. The summed E-state index contributed by atoms with van der Waals surface area (Å²) in [5, 5.41) is 9.14. The molecular weight excluding hydrogens is 246 g/mol. The number of ether oxygens (including phenoxy) is 1. The lowest BCUT2D eigenvalue weighted by molar-refractivity contribution is -0.117. The second-order valence-electron chi connectivity index (χ2n) is 4.30. The van der Waals surface area contributed by atoms with Crippen molar-refractivity contribution in [2.24, 2.45) is 5.73 Å². The highest BCUT2D eigenvalue weighted by Gasteiger charge is 2.29. The third-order valence-corrected chi connectivity index (χ3v) is 2.98. The Morgan fingerprint density at radius 3 is 2.84 bits per heavy atom. The molecule has 0 bridgehead atoms. The number of esters is 1. The molecule has 19 heavy (non-hydrogen) atoms. The van der Waals surface area contributed by atoms with Crippen LogP contribution in [0.2, 0.25) is 0 Å². The number of nitriles is 1. The minimum Gasteiger partial charge on any atom is -0.465 e. The summed E-state index contributed by atoms with van der Waals surface area (Å²) in [6.07, 6.45) is 0.267. The molecular formula is C13H13N3O3. The molecule has 1 heterocycles. The lowest BCUT2D eigenvalue weighted by Gasteiger charge is -2.17. The fourth-order valence-corrected chi connectivity index (χ4v) is 2.07. The fraction of sp³-hybridized carbons (Fsp3) is 0.308. The number of nitrogens with zero attached hydrogens (tertiary/aromatic N) is 2. The van der Waals surface area contributed by atoms with Crippen molar-refractivity contribution in [1.29, 1.82) is 5.26 Å². The highest BCUT2D eigenvalue weighted by atomic mass is 16.5. The first-order valence-electron chi connectivity index (χ1n) is 5.75. The average Bonchev–Trinajstić information content (AvgIpc) is 2.75. The number of carbonyl (C=O) groups is 2. The maximum Gasteiger partial charge on any atom is 0.337 e. The van der Waals surface area contributed by atoms with Crippen LogP contribution in [0.15, 0.2) is 18.2 Å². The SMILES string of the molecule is COC(=O)c1ccc(N2CC(N)CC2=O)c(C#N)c1. The lowest BCUT2D eigenvalue weighted by atomic mass is 10.1. The van der Waals surface area contributed by atoms with Crippen LogP contribution in [-0.2, 0) is 9.53 Å². The molecule has 6 heteroatoms. The topological polar surface area (TPSA) is 96.4 Å². The number of nitrogens with two attached hydrogens (primary N) is 1. The molecule has 2 rings (SSSR count). The number of amides is 1. The molecule has 1 unspecified atom stereocenters. The molecule has 1 aliphatic heterocycles. The number of hydrogen-bond acceptors (Lipinski definition) is 5. The minimum absolute atomic E-state index is 0.116. The Morgan fingerprint density at radius 2 is 2.32 bits per heavy atom. The van der Waals surface area contributed by atoms with Crippen LogP contribution in [0.5, 0.6) is 0 Å². The van der Waals surface area contributed by atoms with Gasteiger partial charge < -0.3 is 15.4 Å². The molecule has 1 saturated heterocycles. The quantitative estimate of drug-likeness (QED) is 0.776. The zero-order chi connectivity index (χ0) is 14.0. The van der Waals surface area contributed by atoms with Gasteiger partial charge in [0, 0.05) is 19.0 Å². The average molecular weight is 259 g/mol. The molecule has 1 aliphatic rings. The van der Waals surface area contributed by atoms with Crippen LogP contribution in [0.4, 0.5) is 5.69 Å². The van der Waals surface area contributed by atoms with Crippen molar-refractivity contribution in [3.63, 3.8) is 0 Å². The van der Waals surface area contributed by atoms with Crippen molar-refractivity contribution in [3.05, 3.63) is 29.3 Å². The maximum atomic E-state index is 11.8. The molecule has 0 aromatic heterocycles. The molecule has 0 spiro atoms. The van der Waals surface area contributed by atoms with Crippen LogP contribution in [0, 0.1) is 11.3 Å². The van der Waals surface area contributed by atoms with E-state index in [4.69, 9.17) is 11.0 Å². The second kappa shape index (κ2) is 5.08. The van der Waals surface area contributed by atoms with E-state index in [1.807, 2.05) is 6.07 Å². The van der Waals surface area contributed by atoms with E-state index in [0.29, 0.717) is 12.2 Å². The van der Waals surface area contributed by atoms with E-state index >= 15 is 0 Å². The molecule has 1 aromatic carbocycles. The Kier molecular flexibility index (Phi) is 3.49. The van der Waals surface area contributed by atoms with Gasteiger partial charge in [-0.3, -0.25) is 4.79 Å². The first kappa shape index (κ1) is 13.1. The van der Waals surface area contributed by atoms with Crippen molar-refractivity contribution in [3.8, 4) is 6.07 Å². The Labute approximate surface area is 110 Å². The zero-order valence-electron chi connectivity index (χ0n) is 10.4. The van der Waals surface area contributed by atoms with Crippen LogP contribution in [-0.4, -0.2) is 31.6 Å². The maximum absolute atomic E-state index is 11.8. The van der Waals surface area contributed by atoms with E-state index in [9.17, 15) is 9.59 Å². The number of benzene rings is 1. The van der Waals surface area contributed by atoms with Crippen molar-refractivity contribution in [2.45, 2.75) is 12.5 Å². The van der Waals surface area contributed by atoms with Gasteiger partial charge in [0.2, 0.25) is 5.91 Å². The van der Waals surface area contributed by atoms with Crippen LogP contribution >= 0.6 is 0 Å². The first-order chi connectivity index (χ1) is 9.06. The first-order valence-corrected chi connectivity index (χ1v) is 5.75. The number of methoxy groups -OCH3 is 1. The number of anilines is 1. The monoisotopic (exact) mass is 259 g/mol. The van der Waals surface area contributed by atoms with Crippen LogP contribution in [0.3, 0.4) is 0 Å². The second-order valence-corrected chi connectivity index (χ2v) is 4.30. The van der Waals surface area contributed by atoms with Gasteiger partial charge in [0.05, 0.1) is 23.9 Å². The summed E-state index contributed by atoms with van der Waals surface area (Å²) in [5.74, 6) is -0.637. The predicted octanol–water partition coefficient (Wildman–Crippen LogP) is 0.409. The Bertz CT molecular complexity index is 577. The van der Waals surface area contributed by atoms with Gasteiger partial charge >= 0.3 is 5.97 Å². The molecule has 0 aliphatic carbocycles. The summed E-state index contributed by atoms with van der Waals surface area (Å²) < 4.78 is 4.59. The third-order valence-electron chi connectivity index (χ3n) is 2.98. The molecule has 98 valence electrons. The lowest BCUT2D eigenvalue weighted by Crippen LogP contribution is -2.28. The Balaban J connectivity index is 2.40. The van der Waals surface area contributed by atoms with Gasteiger partial charge in [-0.2, -0.15) is 5.26 Å². The van der Waals surface area contributed by atoms with Crippen molar-refractivity contribution >= 4 is 17.6 Å². The number of hydrogen-bond donors (Lipinski definition) is 1. The summed E-state index contributed by atoms with van der Waals surface area (Å²) in [4.78, 5) is 24.6. The number of rotatable bonds is 2.